The Labute approximate surface area is 74.1 Å². The molecule has 0 radical (unpaired) electrons. The molecule has 2 aliphatic rings. The van der Waals surface area contributed by atoms with E-state index in [9.17, 15) is 5.11 Å². The van der Waals surface area contributed by atoms with Gasteiger partial charge in [0.25, 0.3) is 0 Å². The van der Waals surface area contributed by atoms with Crippen LogP contribution in [0.5, 0.6) is 0 Å². The highest BCUT2D eigenvalue weighted by molar-refractivity contribution is 5.13. The monoisotopic (exact) mass is 169 g/mol. The minimum atomic E-state index is -0.112. The van der Waals surface area contributed by atoms with Crippen LogP contribution >= 0.6 is 0 Å². The van der Waals surface area contributed by atoms with Crippen LogP contribution in [0.1, 0.15) is 45.4 Å². The Morgan fingerprint density at radius 3 is 2.25 bits per heavy atom. The molecular weight excluding hydrogens is 150 g/mol. The van der Waals surface area contributed by atoms with Gasteiger partial charge in [0.1, 0.15) is 0 Å². The average Bonchev–Trinajstić information content (AvgIpc) is 1.82. The van der Waals surface area contributed by atoms with Crippen molar-refractivity contribution < 1.29 is 5.11 Å². The lowest BCUT2D eigenvalue weighted by Gasteiger charge is -2.60. The van der Waals surface area contributed by atoms with E-state index in [4.69, 9.17) is 5.73 Å². The van der Waals surface area contributed by atoms with Gasteiger partial charge in [0.2, 0.25) is 0 Å². The number of rotatable bonds is 2. The topological polar surface area (TPSA) is 46.2 Å². The van der Waals surface area contributed by atoms with Gasteiger partial charge >= 0.3 is 0 Å². The maximum Gasteiger partial charge on any atom is 0.0575 e. The predicted octanol–water partition coefficient (Wildman–Crippen LogP) is 1.42. The maximum absolute atomic E-state index is 9.28. The Kier molecular flexibility index (Phi) is 1.74. The number of aliphatic hydroxyl groups is 1. The second kappa shape index (κ2) is 2.46. The van der Waals surface area contributed by atoms with E-state index >= 15 is 0 Å². The van der Waals surface area contributed by atoms with Gasteiger partial charge in [0.15, 0.2) is 0 Å². The molecular formula is C10H19NO. The fraction of sp³-hybridized carbons (Fsp3) is 1.00. The molecule has 0 heterocycles. The van der Waals surface area contributed by atoms with Crippen molar-refractivity contribution >= 4 is 0 Å². The van der Waals surface area contributed by atoms with E-state index in [1.165, 1.54) is 25.7 Å². The van der Waals surface area contributed by atoms with Crippen molar-refractivity contribution in [2.45, 2.75) is 57.1 Å². The van der Waals surface area contributed by atoms with Gasteiger partial charge in [0, 0.05) is 5.54 Å². The van der Waals surface area contributed by atoms with Gasteiger partial charge in [-0.25, -0.2) is 0 Å². The lowest BCUT2D eigenvalue weighted by Crippen LogP contribution is -2.67. The van der Waals surface area contributed by atoms with Gasteiger partial charge in [-0.2, -0.15) is 0 Å². The SMILES string of the molecule is CCC1(C2(N)CC(O)C2)CCC1. The van der Waals surface area contributed by atoms with Crippen molar-refractivity contribution in [3.05, 3.63) is 0 Å². The predicted molar refractivity (Wildman–Crippen MR) is 48.7 cm³/mol. The summed E-state index contributed by atoms with van der Waals surface area (Å²) in [5.41, 5.74) is 6.66. The second-order valence-corrected chi connectivity index (χ2v) is 4.71. The van der Waals surface area contributed by atoms with E-state index in [1.54, 1.807) is 0 Å². The fourth-order valence-electron chi connectivity index (χ4n) is 3.02. The average molecular weight is 169 g/mol. The van der Waals surface area contributed by atoms with Crippen LogP contribution in [-0.4, -0.2) is 16.7 Å². The third-order valence-electron chi connectivity index (χ3n) is 4.24. The molecule has 0 spiro atoms. The highest BCUT2D eigenvalue weighted by Gasteiger charge is 2.56. The van der Waals surface area contributed by atoms with Crippen LogP contribution in [0.25, 0.3) is 0 Å². The molecule has 0 atom stereocenters. The second-order valence-electron chi connectivity index (χ2n) is 4.71. The molecule has 0 amide bonds. The Morgan fingerprint density at radius 2 is 2.00 bits per heavy atom. The van der Waals surface area contributed by atoms with Gasteiger partial charge in [0.05, 0.1) is 6.10 Å². The third kappa shape index (κ3) is 0.882. The number of hydrogen-bond donors (Lipinski definition) is 2. The first-order valence-electron chi connectivity index (χ1n) is 5.09. The number of aliphatic hydroxyl groups excluding tert-OH is 1. The fourth-order valence-corrected chi connectivity index (χ4v) is 3.02. The molecule has 2 aliphatic carbocycles. The molecule has 2 heteroatoms. The molecule has 0 unspecified atom stereocenters. The minimum Gasteiger partial charge on any atom is -0.393 e. The Bertz CT molecular complexity index is 175. The van der Waals surface area contributed by atoms with Crippen molar-refractivity contribution in [1.82, 2.24) is 0 Å². The van der Waals surface area contributed by atoms with Crippen molar-refractivity contribution in [1.29, 1.82) is 0 Å². The first-order valence-corrected chi connectivity index (χ1v) is 5.09. The summed E-state index contributed by atoms with van der Waals surface area (Å²) in [5.74, 6) is 0. The van der Waals surface area contributed by atoms with E-state index in [-0.39, 0.29) is 11.6 Å². The summed E-state index contributed by atoms with van der Waals surface area (Å²) >= 11 is 0. The van der Waals surface area contributed by atoms with Gasteiger partial charge in [-0.3, -0.25) is 0 Å². The van der Waals surface area contributed by atoms with Gasteiger partial charge < -0.3 is 10.8 Å². The van der Waals surface area contributed by atoms with Crippen molar-refractivity contribution in [3.63, 3.8) is 0 Å². The number of nitrogens with two attached hydrogens (primary N) is 1. The number of hydrogen-bond acceptors (Lipinski definition) is 2. The van der Waals surface area contributed by atoms with E-state index in [2.05, 4.69) is 6.92 Å². The maximum atomic E-state index is 9.28. The van der Waals surface area contributed by atoms with Crippen LogP contribution < -0.4 is 5.73 Å². The highest BCUT2D eigenvalue weighted by atomic mass is 16.3. The molecule has 2 fully saturated rings. The van der Waals surface area contributed by atoms with Crippen LogP contribution in [0, 0.1) is 5.41 Å². The first kappa shape index (κ1) is 8.52. The minimum absolute atomic E-state index is 0.0145. The largest absolute Gasteiger partial charge is 0.393 e. The van der Waals surface area contributed by atoms with Crippen LogP contribution in [0.3, 0.4) is 0 Å². The lowest BCUT2D eigenvalue weighted by atomic mass is 9.49. The summed E-state index contributed by atoms with van der Waals surface area (Å²) in [6.07, 6.45) is 6.65. The summed E-state index contributed by atoms with van der Waals surface area (Å²) in [7, 11) is 0. The Hall–Kier alpha value is -0.0800. The van der Waals surface area contributed by atoms with E-state index < -0.39 is 0 Å². The van der Waals surface area contributed by atoms with Crippen LogP contribution in [-0.2, 0) is 0 Å². The molecule has 0 aliphatic heterocycles. The van der Waals surface area contributed by atoms with Crippen molar-refractivity contribution in [2.24, 2.45) is 11.1 Å². The van der Waals surface area contributed by atoms with Crippen molar-refractivity contribution in [2.75, 3.05) is 0 Å². The molecule has 2 saturated carbocycles. The molecule has 2 nitrogen and oxygen atoms in total. The Balaban J connectivity index is 2.07. The normalized spacial score (nSPS) is 44.8. The van der Waals surface area contributed by atoms with Gasteiger partial charge in [-0.05, 0) is 37.5 Å². The zero-order valence-electron chi connectivity index (χ0n) is 7.84. The van der Waals surface area contributed by atoms with Crippen LogP contribution in [0.4, 0.5) is 0 Å². The smallest absolute Gasteiger partial charge is 0.0575 e. The summed E-state index contributed by atoms with van der Waals surface area (Å²) in [5, 5.41) is 9.28. The van der Waals surface area contributed by atoms with E-state index in [0.29, 0.717) is 5.41 Å². The zero-order valence-corrected chi connectivity index (χ0v) is 7.84. The molecule has 0 bridgehead atoms. The molecule has 0 saturated heterocycles. The van der Waals surface area contributed by atoms with E-state index in [1.807, 2.05) is 0 Å². The van der Waals surface area contributed by atoms with Crippen LogP contribution in [0.15, 0.2) is 0 Å². The van der Waals surface area contributed by atoms with Crippen LogP contribution in [0.2, 0.25) is 0 Å². The van der Waals surface area contributed by atoms with Crippen molar-refractivity contribution in [3.8, 4) is 0 Å². The van der Waals surface area contributed by atoms with Gasteiger partial charge in [-0.1, -0.05) is 13.3 Å². The Morgan fingerprint density at radius 1 is 1.42 bits per heavy atom. The summed E-state index contributed by atoms with van der Waals surface area (Å²) < 4.78 is 0. The molecule has 3 N–H and O–H groups in total. The van der Waals surface area contributed by atoms with E-state index in [0.717, 1.165) is 12.8 Å². The molecule has 0 aromatic heterocycles. The quantitative estimate of drug-likeness (QED) is 0.656. The summed E-state index contributed by atoms with van der Waals surface area (Å²) in [6.45, 7) is 2.23. The summed E-state index contributed by atoms with van der Waals surface area (Å²) in [4.78, 5) is 0. The zero-order chi connectivity index (χ0) is 8.82. The molecule has 12 heavy (non-hydrogen) atoms. The third-order valence-corrected chi connectivity index (χ3v) is 4.24. The standard InChI is InChI=1S/C10H19NO/c1-2-9(4-3-5-9)10(11)6-8(12)7-10/h8,12H,2-7,11H2,1H3. The highest BCUT2D eigenvalue weighted by Crippen LogP contribution is 2.57. The summed E-state index contributed by atoms with van der Waals surface area (Å²) in [6, 6.07) is 0. The van der Waals surface area contributed by atoms with Gasteiger partial charge in [-0.15, -0.1) is 0 Å². The molecule has 0 aromatic rings. The first-order chi connectivity index (χ1) is 5.62. The molecule has 0 aromatic carbocycles. The molecule has 70 valence electrons. The lowest BCUT2D eigenvalue weighted by molar-refractivity contribution is -0.0932. The molecule has 2 rings (SSSR count).